The van der Waals surface area contributed by atoms with Crippen molar-refractivity contribution >= 4 is 11.2 Å². The molecule has 1 atom stereocenters. The van der Waals surface area contributed by atoms with Crippen LogP contribution in [0.15, 0.2) is 58.1 Å². The maximum atomic E-state index is 12.6. The van der Waals surface area contributed by atoms with Gasteiger partial charge in [0, 0.05) is 7.05 Å². The summed E-state index contributed by atoms with van der Waals surface area (Å²) in [5, 5.41) is 10.7. The molecule has 32 heavy (non-hydrogen) atoms. The normalized spacial score (nSPS) is 12.1. The summed E-state index contributed by atoms with van der Waals surface area (Å²) in [5.41, 5.74) is 1.10. The molecule has 9 nitrogen and oxygen atoms in total. The van der Waals surface area contributed by atoms with Gasteiger partial charge in [0.05, 0.1) is 6.54 Å². The number of imidazole rings is 1. The van der Waals surface area contributed by atoms with E-state index in [4.69, 9.17) is 9.47 Å². The van der Waals surface area contributed by atoms with Crippen LogP contribution < -0.4 is 20.7 Å². The maximum Gasteiger partial charge on any atom is 0.329 e. The van der Waals surface area contributed by atoms with Crippen molar-refractivity contribution in [1.82, 2.24) is 19.1 Å². The first-order chi connectivity index (χ1) is 15.3. The molecule has 4 aromatic rings. The second-order valence-electron chi connectivity index (χ2n) is 7.64. The van der Waals surface area contributed by atoms with Crippen molar-refractivity contribution in [3.63, 3.8) is 0 Å². The number of rotatable bonds is 7. The molecule has 2 heterocycles. The van der Waals surface area contributed by atoms with E-state index >= 15 is 0 Å². The molecule has 0 saturated carbocycles. The zero-order valence-corrected chi connectivity index (χ0v) is 18.0. The molecule has 166 valence electrons. The molecule has 9 heteroatoms. The van der Waals surface area contributed by atoms with Crippen LogP contribution >= 0.6 is 0 Å². The highest BCUT2D eigenvalue weighted by Gasteiger charge is 2.21. The van der Waals surface area contributed by atoms with E-state index in [2.05, 4.69) is 9.97 Å². The first-order valence-electron chi connectivity index (χ1n) is 10.1. The summed E-state index contributed by atoms with van der Waals surface area (Å²) in [4.78, 5) is 31.3. The second kappa shape index (κ2) is 8.72. The van der Waals surface area contributed by atoms with Crippen LogP contribution in [0.1, 0.15) is 11.1 Å². The summed E-state index contributed by atoms with van der Waals surface area (Å²) in [6, 6.07) is 14.9. The van der Waals surface area contributed by atoms with Gasteiger partial charge in [-0.2, -0.15) is 4.98 Å². The van der Waals surface area contributed by atoms with Crippen LogP contribution in [0.4, 0.5) is 0 Å². The van der Waals surface area contributed by atoms with Gasteiger partial charge in [-0.05, 0) is 37.6 Å². The fourth-order valence-corrected chi connectivity index (χ4v) is 3.34. The van der Waals surface area contributed by atoms with Gasteiger partial charge in [-0.3, -0.25) is 18.9 Å². The third-order valence-corrected chi connectivity index (χ3v) is 5.12. The van der Waals surface area contributed by atoms with Crippen LogP contribution in [0.25, 0.3) is 11.2 Å². The highest BCUT2D eigenvalue weighted by molar-refractivity contribution is 5.71. The van der Waals surface area contributed by atoms with Crippen LogP contribution in [0, 0.1) is 13.8 Å². The highest BCUT2D eigenvalue weighted by atomic mass is 16.5. The monoisotopic (exact) mass is 436 g/mol. The Morgan fingerprint density at radius 3 is 2.53 bits per heavy atom. The summed E-state index contributed by atoms with van der Waals surface area (Å²) in [7, 11) is 1.51. The Balaban J connectivity index is 1.68. The van der Waals surface area contributed by atoms with Gasteiger partial charge in [0.1, 0.15) is 24.2 Å². The van der Waals surface area contributed by atoms with E-state index < -0.39 is 17.4 Å². The van der Waals surface area contributed by atoms with E-state index in [-0.39, 0.29) is 30.3 Å². The molecule has 2 aromatic heterocycles. The molecule has 0 spiro atoms. The summed E-state index contributed by atoms with van der Waals surface area (Å²) in [6.07, 6.45) is -0.969. The van der Waals surface area contributed by atoms with Crippen LogP contribution in [-0.4, -0.2) is 36.9 Å². The predicted molar refractivity (Wildman–Crippen MR) is 120 cm³/mol. The average Bonchev–Trinajstić information content (AvgIpc) is 3.11. The molecule has 0 saturated heterocycles. The predicted octanol–water partition coefficient (Wildman–Crippen LogP) is 2.27. The van der Waals surface area contributed by atoms with Crippen LogP contribution in [-0.2, 0) is 13.6 Å². The summed E-state index contributed by atoms with van der Waals surface area (Å²) in [5.74, 6) is 1.18. The number of H-pyrrole nitrogens is 1. The van der Waals surface area contributed by atoms with Gasteiger partial charge in [0.15, 0.2) is 11.2 Å². The first-order valence-corrected chi connectivity index (χ1v) is 10.1. The van der Waals surface area contributed by atoms with Gasteiger partial charge < -0.3 is 14.6 Å². The number of fused-ring (bicyclic) bond motifs is 1. The molecule has 0 aliphatic heterocycles. The zero-order chi connectivity index (χ0) is 22.8. The maximum absolute atomic E-state index is 12.6. The molecule has 2 aromatic carbocycles. The van der Waals surface area contributed by atoms with E-state index in [1.165, 1.54) is 16.2 Å². The van der Waals surface area contributed by atoms with Gasteiger partial charge in [0.25, 0.3) is 5.56 Å². The minimum atomic E-state index is -0.969. The van der Waals surface area contributed by atoms with Crippen molar-refractivity contribution in [1.29, 1.82) is 0 Å². The smallest absolute Gasteiger partial charge is 0.329 e. The van der Waals surface area contributed by atoms with Crippen molar-refractivity contribution in [2.24, 2.45) is 7.05 Å². The minimum absolute atomic E-state index is 0.00182. The molecule has 4 rings (SSSR count). The van der Waals surface area contributed by atoms with Gasteiger partial charge in [-0.25, -0.2) is 4.79 Å². The van der Waals surface area contributed by atoms with E-state index in [0.717, 1.165) is 11.1 Å². The fourth-order valence-electron chi connectivity index (χ4n) is 3.34. The van der Waals surface area contributed by atoms with Crippen LogP contribution in [0.5, 0.6) is 17.5 Å². The Labute approximate surface area is 183 Å². The first kappa shape index (κ1) is 21.4. The van der Waals surface area contributed by atoms with Gasteiger partial charge in [-0.15, -0.1) is 0 Å². The van der Waals surface area contributed by atoms with Crippen LogP contribution in [0.2, 0.25) is 0 Å². The summed E-state index contributed by atoms with van der Waals surface area (Å²) >= 11 is 0. The number of aromatic nitrogens is 4. The highest BCUT2D eigenvalue weighted by Crippen LogP contribution is 2.25. The topological polar surface area (TPSA) is 111 Å². The number of aliphatic hydroxyl groups is 1. The average molecular weight is 436 g/mol. The van der Waals surface area contributed by atoms with Gasteiger partial charge >= 0.3 is 11.7 Å². The molecule has 0 unspecified atom stereocenters. The molecule has 0 aliphatic rings. The van der Waals surface area contributed by atoms with Crippen molar-refractivity contribution in [3.8, 4) is 17.5 Å². The molecule has 0 radical (unpaired) electrons. The number of benzene rings is 2. The van der Waals surface area contributed by atoms with Crippen LogP contribution in [0.3, 0.4) is 0 Å². The lowest BCUT2D eigenvalue weighted by Crippen LogP contribution is -2.30. The number of aryl methyl sites for hydroxylation is 3. The number of ether oxygens (including phenoxy) is 2. The number of nitrogens with zero attached hydrogens (tertiary/aromatic N) is 3. The second-order valence-corrected chi connectivity index (χ2v) is 7.64. The van der Waals surface area contributed by atoms with Gasteiger partial charge in [-0.1, -0.05) is 35.9 Å². The Bertz CT molecular complexity index is 1370. The molecular weight excluding hydrogens is 412 g/mol. The molecule has 0 bridgehead atoms. The summed E-state index contributed by atoms with van der Waals surface area (Å²) < 4.78 is 14.3. The Morgan fingerprint density at radius 1 is 1.09 bits per heavy atom. The Kier molecular flexibility index (Phi) is 5.83. The third-order valence-electron chi connectivity index (χ3n) is 5.12. The lowest BCUT2D eigenvalue weighted by Gasteiger charge is -2.16. The number of para-hydroxylation sites is 1. The number of aromatic amines is 1. The number of nitrogens with one attached hydrogen (secondary N) is 1. The minimum Gasteiger partial charge on any atom is -0.491 e. The lowest BCUT2D eigenvalue weighted by molar-refractivity contribution is 0.0912. The quantitative estimate of drug-likeness (QED) is 0.460. The molecule has 2 N–H and O–H groups in total. The number of hydrogen-bond acceptors (Lipinski definition) is 6. The zero-order valence-electron chi connectivity index (χ0n) is 18.0. The molecule has 0 aliphatic carbocycles. The molecular formula is C23H24N4O5. The number of aliphatic hydroxyl groups excluding tert-OH is 1. The van der Waals surface area contributed by atoms with E-state index in [9.17, 15) is 14.7 Å². The van der Waals surface area contributed by atoms with E-state index in [1.54, 1.807) is 12.1 Å². The van der Waals surface area contributed by atoms with Crippen molar-refractivity contribution in [3.05, 3.63) is 80.5 Å². The number of hydrogen-bond donors (Lipinski definition) is 2. The molecule has 0 amide bonds. The van der Waals surface area contributed by atoms with Crippen molar-refractivity contribution in [2.75, 3.05) is 6.61 Å². The lowest BCUT2D eigenvalue weighted by atomic mass is 10.2. The standard InChI is InChI=1S/C23H24N4O5/c1-14-8-10-17(11-9-14)32-23-24-20-19(21(29)25-22(30)26(20)3)27(23)12-16(28)13-31-18-7-5-4-6-15(18)2/h4-11,16,28H,12-13H2,1-3H3,(H,25,29,30)/t16-/m1/s1. The van der Waals surface area contributed by atoms with E-state index in [0.29, 0.717) is 11.5 Å². The SMILES string of the molecule is Cc1ccc(Oc2nc3c(c(=O)[nH]c(=O)n3C)n2C[C@@H](O)COc2ccccc2C)cc1. The Morgan fingerprint density at radius 2 is 1.81 bits per heavy atom. The Hall–Kier alpha value is -3.85. The fraction of sp³-hybridized carbons (Fsp3) is 0.261. The van der Waals surface area contributed by atoms with Crippen molar-refractivity contribution < 1.29 is 14.6 Å². The van der Waals surface area contributed by atoms with E-state index in [1.807, 2.05) is 50.2 Å². The largest absolute Gasteiger partial charge is 0.491 e. The molecule has 0 fully saturated rings. The third kappa shape index (κ3) is 4.28. The van der Waals surface area contributed by atoms with Gasteiger partial charge in [0.2, 0.25) is 0 Å². The van der Waals surface area contributed by atoms with Crippen molar-refractivity contribution in [2.45, 2.75) is 26.5 Å². The summed E-state index contributed by atoms with van der Waals surface area (Å²) in [6.45, 7) is 3.85.